The van der Waals surface area contributed by atoms with Crippen molar-refractivity contribution in [3.05, 3.63) is 21.9 Å². The number of aryl methyl sites for hydroxylation is 1. The van der Waals surface area contributed by atoms with Crippen LogP contribution >= 0.6 is 11.3 Å². The van der Waals surface area contributed by atoms with Crippen LogP contribution in [-0.2, 0) is 6.54 Å². The lowest BCUT2D eigenvalue weighted by atomic mass is 10.2. The van der Waals surface area contributed by atoms with Gasteiger partial charge in [0, 0.05) is 28.9 Å². The molecule has 3 N–H and O–H groups in total. The topological polar surface area (TPSA) is 38.0 Å². The lowest BCUT2D eigenvalue weighted by molar-refractivity contribution is 0.566. The van der Waals surface area contributed by atoms with E-state index in [0.717, 1.165) is 19.5 Å². The molecule has 3 heteroatoms. The Bertz CT molecular complexity index is 245. The summed E-state index contributed by atoms with van der Waals surface area (Å²) in [6, 6.07) is 4.62. The molecule has 0 aliphatic rings. The summed E-state index contributed by atoms with van der Waals surface area (Å²) in [5, 5.41) is 3.35. The molecule has 1 atom stereocenters. The monoisotopic (exact) mass is 198 g/mol. The molecule has 0 aromatic carbocycles. The highest BCUT2D eigenvalue weighted by molar-refractivity contribution is 7.11. The fourth-order valence-corrected chi connectivity index (χ4v) is 1.97. The van der Waals surface area contributed by atoms with E-state index in [1.807, 2.05) is 11.3 Å². The zero-order valence-corrected chi connectivity index (χ0v) is 9.16. The first-order valence-electron chi connectivity index (χ1n) is 4.74. The van der Waals surface area contributed by atoms with E-state index < -0.39 is 0 Å². The maximum Gasteiger partial charge on any atom is 0.0300 e. The van der Waals surface area contributed by atoms with Crippen LogP contribution in [-0.4, -0.2) is 12.6 Å². The minimum absolute atomic E-state index is 0.293. The third kappa shape index (κ3) is 3.89. The van der Waals surface area contributed by atoms with Crippen LogP contribution in [0.15, 0.2) is 12.1 Å². The Morgan fingerprint density at radius 1 is 1.54 bits per heavy atom. The Hall–Kier alpha value is -0.380. The highest BCUT2D eigenvalue weighted by atomic mass is 32.1. The quantitative estimate of drug-likeness (QED) is 0.758. The van der Waals surface area contributed by atoms with Crippen LogP contribution in [0.4, 0.5) is 0 Å². The molecule has 1 aromatic heterocycles. The van der Waals surface area contributed by atoms with Crippen LogP contribution in [0.25, 0.3) is 0 Å². The summed E-state index contributed by atoms with van der Waals surface area (Å²) in [4.78, 5) is 2.76. The average molecular weight is 198 g/mol. The molecular formula is C10H18N2S. The summed E-state index contributed by atoms with van der Waals surface area (Å²) >= 11 is 1.84. The predicted molar refractivity (Wildman–Crippen MR) is 59.0 cm³/mol. The third-order valence-corrected chi connectivity index (χ3v) is 3.03. The molecule has 2 nitrogen and oxygen atoms in total. The van der Waals surface area contributed by atoms with Gasteiger partial charge in [-0.05, 0) is 25.5 Å². The predicted octanol–water partition coefficient (Wildman–Crippen LogP) is 1.88. The van der Waals surface area contributed by atoms with Gasteiger partial charge < -0.3 is 11.1 Å². The van der Waals surface area contributed by atoms with Crippen molar-refractivity contribution in [1.29, 1.82) is 0 Å². The molecule has 13 heavy (non-hydrogen) atoms. The van der Waals surface area contributed by atoms with E-state index in [-0.39, 0.29) is 0 Å². The lowest BCUT2D eigenvalue weighted by Crippen LogP contribution is -2.32. The smallest absolute Gasteiger partial charge is 0.0300 e. The summed E-state index contributed by atoms with van der Waals surface area (Å²) in [7, 11) is 0. The number of hydrogen-bond donors (Lipinski definition) is 2. The molecule has 0 aliphatic heterocycles. The van der Waals surface area contributed by atoms with Crippen molar-refractivity contribution in [2.45, 2.75) is 32.9 Å². The van der Waals surface area contributed by atoms with Gasteiger partial charge in [-0.2, -0.15) is 0 Å². The van der Waals surface area contributed by atoms with Crippen LogP contribution in [0.3, 0.4) is 0 Å². The van der Waals surface area contributed by atoms with E-state index in [1.165, 1.54) is 9.75 Å². The Balaban J connectivity index is 2.20. The first-order chi connectivity index (χ1) is 6.22. The van der Waals surface area contributed by atoms with Gasteiger partial charge in [-0.25, -0.2) is 0 Å². The van der Waals surface area contributed by atoms with Crippen molar-refractivity contribution in [2.24, 2.45) is 5.73 Å². The largest absolute Gasteiger partial charge is 0.327 e. The summed E-state index contributed by atoms with van der Waals surface area (Å²) < 4.78 is 0. The number of thiophene rings is 1. The number of hydrogen-bond acceptors (Lipinski definition) is 3. The van der Waals surface area contributed by atoms with Crippen molar-refractivity contribution in [1.82, 2.24) is 5.32 Å². The Labute approximate surface area is 84.2 Å². The van der Waals surface area contributed by atoms with Crippen LogP contribution in [0.1, 0.15) is 23.1 Å². The van der Waals surface area contributed by atoms with Gasteiger partial charge in [-0.15, -0.1) is 11.3 Å². The minimum Gasteiger partial charge on any atom is -0.327 e. The molecule has 0 spiro atoms. The van der Waals surface area contributed by atoms with Gasteiger partial charge in [0.1, 0.15) is 0 Å². The van der Waals surface area contributed by atoms with Gasteiger partial charge in [0.05, 0.1) is 0 Å². The second-order valence-electron chi connectivity index (χ2n) is 3.31. The molecule has 1 heterocycles. The second kappa shape index (κ2) is 5.37. The molecule has 1 rings (SSSR count). The summed E-state index contributed by atoms with van der Waals surface area (Å²) in [5.41, 5.74) is 5.78. The SMILES string of the molecule is CCC(N)CNCc1ccc(C)s1. The van der Waals surface area contributed by atoms with Gasteiger partial charge in [0.2, 0.25) is 0 Å². The number of nitrogens with two attached hydrogens (primary N) is 1. The molecule has 0 radical (unpaired) electrons. The van der Waals surface area contributed by atoms with Crippen molar-refractivity contribution < 1.29 is 0 Å². The molecule has 1 unspecified atom stereocenters. The van der Waals surface area contributed by atoms with E-state index in [2.05, 4.69) is 31.3 Å². The summed E-state index contributed by atoms with van der Waals surface area (Å²) in [6.07, 6.45) is 1.04. The Morgan fingerprint density at radius 3 is 2.85 bits per heavy atom. The van der Waals surface area contributed by atoms with Crippen LogP contribution < -0.4 is 11.1 Å². The summed E-state index contributed by atoms with van der Waals surface area (Å²) in [5.74, 6) is 0. The van der Waals surface area contributed by atoms with Gasteiger partial charge >= 0.3 is 0 Å². The first kappa shape index (κ1) is 10.7. The molecule has 74 valence electrons. The van der Waals surface area contributed by atoms with Gasteiger partial charge in [-0.3, -0.25) is 0 Å². The van der Waals surface area contributed by atoms with Gasteiger partial charge in [0.15, 0.2) is 0 Å². The molecule has 0 saturated carbocycles. The molecular weight excluding hydrogens is 180 g/mol. The molecule has 1 aromatic rings. The zero-order valence-electron chi connectivity index (χ0n) is 8.34. The maximum atomic E-state index is 5.78. The van der Waals surface area contributed by atoms with Crippen molar-refractivity contribution in [3.63, 3.8) is 0 Å². The standard InChI is InChI=1S/C10H18N2S/c1-3-9(11)6-12-7-10-5-4-8(2)13-10/h4-5,9,12H,3,6-7,11H2,1-2H3. The van der Waals surface area contributed by atoms with Crippen LogP contribution in [0, 0.1) is 6.92 Å². The second-order valence-corrected chi connectivity index (χ2v) is 4.68. The fourth-order valence-electron chi connectivity index (χ4n) is 1.11. The van der Waals surface area contributed by atoms with Crippen molar-refractivity contribution >= 4 is 11.3 Å². The highest BCUT2D eigenvalue weighted by Crippen LogP contribution is 2.14. The normalized spacial score (nSPS) is 13.2. The zero-order chi connectivity index (χ0) is 9.68. The Kier molecular flexibility index (Phi) is 4.42. The molecule has 0 amide bonds. The van der Waals surface area contributed by atoms with Crippen LogP contribution in [0.2, 0.25) is 0 Å². The molecule has 0 fully saturated rings. The molecule has 0 saturated heterocycles. The number of rotatable bonds is 5. The number of nitrogens with one attached hydrogen (secondary N) is 1. The van der Waals surface area contributed by atoms with E-state index in [9.17, 15) is 0 Å². The van der Waals surface area contributed by atoms with E-state index in [4.69, 9.17) is 5.73 Å². The fraction of sp³-hybridized carbons (Fsp3) is 0.600. The Morgan fingerprint density at radius 2 is 2.31 bits per heavy atom. The third-order valence-electron chi connectivity index (χ3n) is 2.03. The average Bonchev–Trinajstić information content (AvgIpc) is 2.51. The minimum atomic E-state index is 0.293. The van der Waals surface area contributed by atoms with E-state index >= 15 is 0 Å². The molecule has 0 bridgehead atoms. The van der Waals surface area contributed by atoms with Gasteiger partial charge in [-0.1, -0.05) is 6.92 Å². The van der Waals surface area contributed by atoms with E-state index in [1.54, 1.807) is 0 Å². The van der Waals surface area contributed by atoms with Crippen molar-refractivity contribution in [2.75, 3.05) is 6.54 Å². The first-order valence-corrected chi connectivity index (χ1v) is 5.55. The van der Waals surface area contributed by atoms with Crippen molar-refractivity contribution in [3.8, 4) is 0 Å². The summed E-state index contributed by atoms with van der Waals surface area (Å²) in [6.45, 7) is 6.10. The lowest BCUT2D eigenvalue weighted by Gasteiger charge is -2.08. The van der Waals surface area contributed by atoms with Gasteiger partial charge in [0.25, 0.3) is 0 Å². The van der Waals surface area contributed by atoms with E-state index in [0.29, 0.717) is 6.04 Å². The highest BCUT2D eigenvalue weighted by Gasteiger charge is 1.99. The molecule has 0 aliphatic carbocycles. The maximum absolute atomic E-state index is 5.78. The van der Waals surface area contributed by atoms with Crippen LogP contribution in [0.5, 0.6) is 0 Å².